The summed E-state index contributed by atoms with van der Waals surface area (Å²) in [5.74, 6) is 0.116. The third kappa shape index (κ3) is 5.98. The van der Waals surface area contributed by atoms with E-state index in [2.05, 4.69) is 28.2 Å². The summed E-state index contributed by atoms with van der Waals surface area (Å²) >= 11 is 3.35. The highest BCUT2D eigenvalue weighted by molar-refractivity contribution is 9.10. The van der Waals surface area contributed by atoms with Crippen LogP contribution in [0.1, 0.15) is 36.6 Å². The lowest BCUT2D eigenvalue weighted by Crippen LogP contribution is -2.41. The summed E-state index contributed by atoms with van der Waals surface area (Å²) in [5, 5.41) is 2.92. The van der Waals surface area contributed by atoms with Gasteiger partial charge in [0, 0.05) is 0 Å². The number of nitrogens with one attached hydrogen (secondary N) is 1. The van der Waals surface area contributed by atoms with E-state index in [9.17, 15) is 13.2 Å². The van der Waals surface area contributed by atoms with Gasteiger partial charge in [-0.3, -0.25) is 9.10 Å². The first-order valence-electron chi connectivity index (χ1n) is 11.0. The standard InChI is InChI=1S/C26H29BrN2O4S/c1-5-20-8-10-21(11-9-20)19(3)28-26(30)17-29(22-12-6-18(2)7-13-22)34(31,32)23-14-15-25(33-4)24(27)16-23/h6-16,19H,5,17H2,1-4H3,(H,28,30). The van der Waals surface area contributed by atoms with E-state index in [4.69, 9.17) is 4.74 Å². The van der Waals surface area contributed by atoms with Crippen LogP contribution in [0.3, 0.4) is 0 Å². The normalized spacial score (nSPS) is 12.1. The lowest BCUT2D eigenvalue weighted by molar-refractivity contribution is -0.120. The second-order valence-corrected chi connectivity index (χ2v) is 10.7. The van der Waals surface area contributed by atoms with Crippen molar-refractivity contribution in [2.75, 3.05) is 18.0 Å². The number of anilines is 1. The smallest absolute Gasteiger partial charge is 0.264 e. The van der Waals surface area contributed by atoms with Crippen molar-refractivity contribution in [1.29, 1.82) is 0 Å². The fraction of sp³-hybridized carbons (Fsp3) is 0.269. The molecular weight excluding hydrogens is 516 g/mol. The van der Waals surface area contributed by atoms with Gasteiger partial charge in [-0.2, -0.15) is 0 Å². The molecule has 34 heavy (non-hydrogen) atoms. The Morgan fingerprint density at radius 3 is 2.26 bits per heavy atom. The van der Waals surface area contributed by atoms with E-state index >= 15 is 0 Å². The number of carbonyl (C=O) groups is 1. The number of methoxy groups -OCH3 is 1. The average Bonchev–Trinajstić information content (AvgIpc) is 2.83. The van der Waals surface area contributed by atoms with E-state index in [1.807, 2.05) is 50.2 Å². The van der Waals surface area contributed by atoms with Crippen molar-refractivity contribution in [3.05, 3.63) is 87.9 Å². The number of benzene rings is 3. The van der Waals surface area contributed by atoms with E-state index in [0.29, 0.717) is 15.9 Å². The molecule has 1 N–H and O–H groups in total. The fourth-order valence-corrected chi connectivity index (χ4v) is 5.64. The van der Waals surface area contributed by atoms with Crippen LogP contribution in [0.15, 0.2) is 76.1 Å². The molecule has 0 bridgehead atoms. The van der Waals surface area contributed by atoms with Gasteiger partial charge < -0.3 is 10.1 Å². The quantitative estimate of drug-likeness (QED) is 0.391. The molecule has 0 radical (unpaired) electrons. The van der Waals surface area contributed by atoms with E-state index in [-0.39, 0.29) is 17.5 Å². The third-order valence-corrected chi connectivity index (χ3v) is 7.98. The molecule has 1 unspecified atom stereocenters. The van der Waals surface area contributed by atoms with Crippen molar-refractivity contribution in [3.63, 3.8) is 0 Å². The predicted molar refractivity (Wildman–Crippen MR) is 139 cm³/mol. The zero-order valence-electron chi connectivity index (χ0n) is 19.7. The van der Waals surface area contributed by atoms with Crippen LogP contribution in [-0.4, -0.2) is 28.0 Å². The number of hydrogen-bond acceptors (Lipinski definition) is 4. The van der Waals surface area contributed by atoms with Gasteiger partial charge in [0.05, 0.1) is 28.2 Å². The zero-order chi connectivity index (χ0) is 24.9. The molecule has 0 aliphatic heterocycles. The van der Waals surface area contributed by atoms with E-state index in [0.717, 1.165) is 21.9 Å². The van der Waals surface area contributed by atoms with Gasteiger partial charge in [-0.15, -0.1) is 0 Å². The number of aryl methyl sites for hydroxylation is 2. The van der Waals surface area contributed by atoms with Gasteiger partial charge in [0.2, 0.25) is 5.91 Å². The number of sulfonamides is 1. The molecule has 1 atom stereocenters. The summed E-state index contributed by atoms with van der Waals surface area (Å²) in [6, 6.07) is 19.3. The molecule has 1 amide bonds. The van der Waals surface area contributed by atoms with Gasteiger partial charge in [-0.1, -0.05) is 48.9 Å². The molecule has 0 aromatic heterocycles. The number of halogens is 1. The van der Waals surface area contributed by atoms with Crippen LogP contribution in [-0.2, 0) is 21.2 Å². The maximum Gasteiger partial charge on any atom is 0.264 e. The van der Waals surface area contributed by atoms with Crippen molar-refractivity contribution in [2.45, 2.75) is 38.1 Å². The Bertz CT molecular complexity index is 1240. The van der Waals surface area contributed by atoms with Crippen molar-refractivity contribution < 1.29 is 17.9 Å². The highest BCUT2D eigenvalue weighted by atomic mass is 79.9. The van der Waals surface area contributed by atoms with Gasteiger partial charge in [0.25, 0.3) is 10.0 Å². The Hall–Kier alpha value is -2.84. The summed E-state index contributed by atoms with van der Waals surface area (Å²) in [7, 11) is -2.52. The lowest BCUT2D eigenvalue weighted by Gasteiger charge is -2.25. The Morgan fingerprint density at radius 2 is 1.71 bits per heavy atom. The second kappa shape index (κ2) is 11.1. The van der Waals surface area contributed by atoms with Gasteiger partial charge in [0.15, 0.2) is 0 Å². The van der Waals surface area contributed by atoms with E-state index < -0.39 is 15.9 Å². The first kappa shape index (κ1) is 25.8. The molecule has 0 aliphatic carbocycles. The largest absolute Gasteiger partial charge is 0.496 e. The molecule has 0 heterocycles. The maximum absolute atomic E-state index is 13.6. The van der Waals surface area contributed by atoms with Crippen molar-refractivity contribution in [1.82, 2.24) is 5.32 Å². The maximum atomic E-state index is 13.6. The molecule has 6 nitrogen and oxygen atoms in total. The summed E-state index contributed by atoms with van der Waals surface area (Å²) in [5.41, 5.74) is 3.56. The first-order valence-corrected chi connectivity index (χ1v) is 13.2. The van der Waals surface area contributed by atoms with Gasteiger partial charge >= 0.3 is 0 Å². The summed E-state index contributed by atoms with van der Waals surface area (Å²) in [4.78, 5) is 13.1. The number of amides is 1. The van der Waals surface area contributed by atoms with E-state index in [1.165, 1.54) is 24.8 Å². The van der Waals surface area contributed by atoms with Crippen LogP contribution in [0.5, 0.6) is 5.75 Å². The number of hydrogen-bond donors (Lipinski definition) is 1. The molecule has 180 valence electrons. The molecule has 3 rings (SSSR count). The molecule has 0 spiro atoms. The monoisotopic (exact) mass is 544 g/mol. The van der Waals surface area contributed by atoms with Crippen LogP contribution in [0.2, 0.25) is 0 Å². The van der Waals surface area contributed by atoms with Gasteiger partial charge in [0.1, 0.15) is 12.3 Å². The van der Waals surface area contributed by atoms with Crippen LogP contribution >= 0.6 is 15.9 Å². The average molecular weight is 545 g/mol. The molecule has 8 heteroatoms. The van der Waals surface area contributed by atoms with E-state index in [1.54, 1.807) is 18.2 Å². The topological polar surface area (TPSA) is 75.7 Å². The molecule has 0 saturated carbocycles. The zero-order valence-corrected chi connectivity index (χ0v) is 22.1. The molecule has 0 fully saturated rings. The number of ether oxygens (including phenoxy) is 1. The number of rotatable bonds is 9. The molecule has 3 aromatic rings. The SMILES string of the molecule is CCc1ccc(C(C)NC(=O)CN(c2ccc(C)cc2)S(=O)(=O)c2ccc(OC)c(Br)c2)cc1. The van der Waals surface area contributed by atoms with Crippen LogP contribution < -0.4 is 14.4 Å². The minimum atomic E-state index is -4.03. The van der Waals surface area contributed by atoms with Crippen LogP contribution in [0.4, 0.5) is 5.69 Å². The second-order valence-electron chi connectivity index (χ2n) is 8.03. The van der Waals surface area contributed by atoms with Crippen molar-refractivity contribution >= 4 is 37.5 Å². The Morgan fingerprint density at radius 1 is 1.06 bits per heavy atom. The minimum absolute atomic E-state index is 0.0525. The Kier molecular flexibility index (Phi) is 8.38. The first-order chi connectivity index (χ1) is 16.1. The van der Waals surface area contributed by atoms with Crippen molar-refractivity contribution in [2.24, 2.45) is 0 Å². The van der Waals surface area contributed by atoms with Crippen molar-refractivity contribution in [3.8, 4) is 5.75 Å². The highest BCUT2D eigenvalue weighted by Crippen LogP contribution is 2.31. The van der Waals surface area contributed by atoms with Crippen LogP contribution in [0, 0.1) is 6.92 Å². The third-order valence-electron chi connectivity index (χ3n) is 5.59. The fourth-order valence-electron chi connectivity index (χ4n) is 3.50. The summed E-state index contributed by atoms with van der Waals surface area (Å²) < 4.78 is 34.1. The van der Waals surface area contributed by atoms with Gasteiger partial charge in [-0.25, -0.2) is 8.42 Å². The molecule has 3 aromatic carbocycles. The Balaban J connectivity index is 1.89. The minimum Gasteiger partial charge on any atom is -0.496 e. The van der Waals surface area contributed by atoms with Gasteiger partial charge in [-0.05, 0) is 77.7 Å². The Labute approximate surface area is 210 Å². The molecular formula is C26H29BrN2O4S. The lowest BCUT2D eigenvalue weighted by atomic mass is 10.1. The van der Waals surface area contributed by atoms with Crippen LogP contribution in [0.25, 0.3) is 0 Å². The number of carbonyl (C=O) groups excluding carboxylic acids is 1. The summed E-state index contributed by atoms with van der Waals surface area (Å²) in [6.07, 6.45) is 0.936. The molecule has 0 aliphatic rings. The predicted octanol–water partition coefficient (Wildman–Crippen LogP) is 5.40. The summed E-state index contributed by atoms with van der Waals surface area (Å²) in [6.45, 7) is 5.53. The highest BCUT2D eigenvalue weighted by Gasteiger charge is 2.28. The number of nitrogens with zero attached hydrogens (tertiary/aromatic N) is 1. The molecule has 0 saturated heterocycles.